The van der Waals surface area contributed by atoms with Crippen molar-refractivity contribution in [3.8, 4) is 0 Å². The van der Waals surface area contributed by atoms with E-state index in [4.69, 9.17) is 0 Å². The van der Waals surface area contributed by atoms with Gasteiger partial charge < -0.3 is 4.98 Å². The standard InChI is InChI=1S/C15H16N2O/c1-10-11(2)16-14(17-13(10)18)15(8-9-15)12-6-4-3-5-7-12/h3-7H,8-9H2,1-2H3,(H,16,17,18). The number of hydrogen-bond acceptors (Lipinski definition) is 2. The molecule has 1 aliphatic rings. The van der Waals surface area contributed by atoms with Crippen molar-refractivity contribution in [1.82, 2.24) is 9.97 Å². The Balaban J connectivity index is 2.14. The van der Waals surface area contributed by atoms with Crippen LogP contribution in [0.15, 0.2) is 35.1 Å². The van der Waals surface area contributed by atoms with Crippen LogP contribution in [0.4, 0.5) is 0 Å². The summed E-state index contributed by atoms with van der Waals surface area (Å²) in [6.07, 6.45) is 2.12. The van der Waals surface area contributed by atoms with Gasteiger partial charge in [-0.25, -0.2) is 4.98 Å². The molecule has 3 heteroatoms. The number of hydrogen-bond donors (Lipinski definition) is 1. The van der Waals surface area contributed by atoms with Crippen molar-refractivity contribution < 1.29 is 0 Å². The predicted molar refractivity (Wildman–Crippen MR) is 70.8 cm³/mol. The molecule has 0 atom stereocenters. The van der Waals surface area contributed by atoms with Crippen LogP contribution in [0.2, 0.25) is 0 Å². The lowest BCUT2D eigenvalue weighted by Gasteiger charge is -2.15. The summed E-state index contributed by atoms with van der Waals surface area (Å²) < 4.78 is 0. The van der Waals surface area contributed by atoms with Crippen LogP contribution >= 0.6 is 0 Å². The fraction of sp³-hybridized carbons (Fsp3) is 0.333. The van der Waals surface area contributed by atoms with Crippen molar-refractivity contribution in [1.29, 1.82) is 0 Å². The number of nitrogens with zero attached hydrogens (tertiary/aromatic N) is 1. The van der Waals surface area contributed by atoms with Crippen LogP contribution in [0.5, 0.6) is 0 Å². The molecule has 3 nitrogen and oxygen atoms in total. The molecule has 1 N–H and O–H groups in total. The molecule has 18 heavy (non-hydrogen) atoms. The van der Waals surface area contributed by atoms with Crippen LogP contribution in [0.25, 0.3) is 0 Å². The van der Waals surface area contributed by atoms with Crippen molar-refractivity contribution >= 4 is 0 Å². The fourth-order valence-electron chi connectivity index (χ4n) is 2.42. The van der Waals surface area contributed by atoms with Gasteiger partial charge in [-0.2, -0.15) is 0 Å². The molecule has 0 bridgehead atoms. The SMILES string of the molecule is Cc1nc(C2(c3ccccc3)CC2)[nH]c(=O)c1C. The van der Waals surface area contributed by atoms with Crippen LogP contribution in [0.1, 0.15) is 35.5 Å². The van der Waals surface area contributed by atoms with Crippen LogP contribution in [0.3, 0.4) is 0 Å². The predicted octanol–water partition coefficient (Wildman–Crippen LogP) is 2.47. The molecule has 0 saturated heterocycles. The summed E-state index contributed by atoms with van der Waals surface area (Å²) in [7, 11) is 0. The molecule has 2 aromatic rings. The van der Waals surface area contributed by atoms with E-state index in [2.05, 4.69) is 22.1 Å². The number of aromatic amines is 1. The maximum atomic E-state index is 11.9. The van der Waals surface area contributed by atoms with Gasteiger partial charge in [0.1, 0.15) is 5.82 Å². The van der Waals surface area contributed by atoms with E-state index in [-0.39, 0.29) is 11.0 Å². The Kier molecular flexibility index (Phi) is 2.37. The summed E-state index contributed by atoms with van der Waals surface area (Å²) in [4.78, 5) is 19.4. The third-order valence-corrected chi connectivity index (χ3v) is 3.92. The summed E-state index contributed by atoms with van der Waals surface area (Å²) in [6, 6.07) is 10.3. The molecule has 92 valence electrons. The Morgan fingerprint density at radius 2 is 1.83 bits per heavy atom. The maximum absolute atomic E-state index is 11.9. The first kappa shape index (κ1) is 11.2. The van der Waals surface area contributed by atoms with Crippen molar-refractivity contribution in [3.63, 3.8) is 0 Å². The molecule has 0 amide bonds. The van der Waals surface area contributed by atoms with Crippen molar-refractivity contribution in [2.75, 3.05) is 0 Å². The molecule has 1 aromatic carbocycles. The third kappa shape index (κ3) is 1.58. The van der Waals surface area contributed by atoms with Gasteiger partial charge in [-0.05, 0) is 32.3 Å². The molecule has 1 heterocycles. The molecular weight excluding hydrogens is 224 g/mol. The summed E-state index contributed by atoms with van der Waals surface area (Å²) in [5.74, 6) is 0.821. The Hall–Kier alpha value is -1.90. The van der Waals surface area contributed by atoms with Gasteiger partial charge >= 0.3 is 0 Å². The summed E-state index contributed by atoms with van der Waals surface area (Å²) in [5, 5.41) is 0. The first-order valence-corrected chi connectivity index (χ1v) is 6.27. The van der Waals surface area contributed by atoms with Gasteiger partial charge in [0.15, 0.2) is 0 Å². The third-order valence-electron chi connectivity index (χ3n) is 3.92. The number of nitrogens with one attached hydrogen (secondary N) is 1. The zero-order valence-corrected chi connectivity index (χ0v) is 10.7. The second-order valence-corrected chi connectivity index (χ2v) is 5.07. The molecule has 0 spiro atoms. The Morgan fingerprint density at radius 3 is 2.39 bits per heavy atom. The molecule has 3 rings (SSSR count). The van der Waals surface area contributed by atoms with Crippen molar-refractivity contribution in [2.24, 2.45) is 0 Å². The first-order chi connectivity index (χ1) is 8.63. The van der Waals surface area contributed by atoms with Gasteiger partial charge in [-0.3, -0.25) is 4.79 Å². The van der Waals surface area contributed by atoms with Crippen LogP contribution in [-0.2, 0) is 5.41 Å². The fourth-order valence-corrected chi connectivity index (χ4v) is 2.42. The molecule has 1 aromatic heterocycles. The second-order valence-electron chi connectivity index (χ2n) is 5.07. The van der Waals surface area contributed by atoms with E-state index in [0.717, 1.165) is 24.4 Å². The molecular formula is C15H16N2O. The zero-order chi connectivity index (χ0) is 12.8. The highest BCUT2D eigenvalue weighted by Crippen LogP contribution is 2.51. The van der Waals surface area contributed by atoms with Crippen molar-refractivity contribution in [2.45, 2.75) is 32.1 Å². The minimum absolute atomic E-state index is 0.0142. The normalized spacial score (nSPS) is 16.6. The van der Waals surface area contributed by atoms with Gasteiger partial charge in [0.25, 0.3) is 5.56 Å². The van der Waals surface area contributed by atoms with E-state index in [0.29, 0.717) is 5.56 Å². The quantitative estimate of drug-likeness (QED) is 0.876. The van der Waals surface area contributed by atoms with E-state index in [9.17, 15) is 4.79 Å². The highest BCUT2D eigenvalue weighted by atomic mass is 16.1. The van der Waals surface area contributed by atoms with Gasteiger partial charge in [0, 0.05) is 11.3 Å². The summed E-state index contributed by atoms with van der Waals surface area (Å²) in [5.41, 5.74) is 2.72. The summed E-state index contributed by atoms with van der Waals surface area (Å²) in [6.45, 7) is 3.71. The van der Waals surface area contributed by atoms with E-state index in [1.807, 2.05) is 32.0 Å². The molecule has 0 unspecified atom stereocenters. The minimum Gasteiger partial charge on any atom is -0.310 e. The van der Waals surface area contributed by atoms with Gasteiger partial charge in [-0.1, -0.05) is 30.3 Å². The average molecular weight is 240 g/mol. The number of rotatable bonds is 2. The first-order valence-electron chi connectivity index (χ1n) is 6.27. The highest BCUT2D eigenvalue weighted by Gasteiger charge is 2.48. The number of H-pyrrole nitrogens is 1. The molecule has 1 saturated carbocycles. The molecule has 1 fully saturated rings. The molecule has 0 radical (unpaired) electrons. The van der Waals surface area contributed by atoms with Crippen molar-refractivity contribution in [3.05, 3.63) is 63.3 Å². The monoisotopic (exact) mass is 240 g/mol. The van der Waals surface area contributed by atoms with Crippen LogP contribution < -0.4 is 5.56 Å². The lowest BCUT2D eigenvalue weighted by Crippen LogP contribution is -2.22. The second kappa shape index (κ2) is 3.80. The van der Waals surface area contributed by atoms with Crippen LogP contribution in [-0.4, -0.2) is 9.97 Å². The van der Waals surface area contributed by atoms with E-state index in [1.54, 1.807) is 0 Å². The topological polar surface area (TPSA) is 45.8 Å². The van der Waals surface area contributed by atoms with E-state index < -0.39 is 0 Å². The largest absolute Gasteiger partial charge is 0.310 e. The summed E-state index contributed by atoms with van der Waals surface area (Å²) >= 11 is 0. The lowest BCUT2D eigenvalue weighted by atomic mass is 9.95. The smallest absolute Gasteiger partial charge is 0.254 e. The van der Waals surface area contributed by atoms with Gasteiger partial charge in [-0.15, -0.1) is 0 Å². The lowest BCUT2D eigenvalue weighted by molar-refractivity contribution is 0.735. The highest BCUT2D eigenvalue weighted by molar-refractivity contribution is 5.39. The molecule has 1 aliphatic carbocycles. The Labute approximate surface area is 106 Å². The maximum Gasteiger partial charge on any atom is 0.254 e. The average Bonchev–Trinajstić information content (AvgIpc) is 3.18. The van der Waals surface area contributed by atoms with E-state index in [1.165, 1.54) is 5.56 Å². The zero-order valence-electron chi connectivity index (χ0n) is 10.7. The number of aromatic nitrogens is 2. The van der Waals surface area contributed by atoms with Gasteiger partial charge in [0.05, 0.1) is 5.41 Å². The Morgan fingerprint density at radius 1 is 1.17 bits per heavy atom. The van der Waals surface area contributed by atoms with E-state index >= 15 is 0 Å². The van der Waals surface area contributed by atoms with Crippen LogP contribution in [0, 0.1) is 13.8 Å². The molecule has 0 aliphatic heterocycles. The number of aryl methyl sites for hydroxylation is 1. The Bertz CT molecular complexity index is 639. The minimum atomic E-state index is -0.0567. The number of benzene rings is 1. The van der Waals surface area contributed by atoms with Gasteiger partial charge in [0.2, 0.25) is 0 Å².